The molecule has 0 aromatic heterocycles. The summed E-state index contributed by atoms with van der Waals surface area (Å²) in [6.45, 7) is 19.6. The zero-order valence-corrected chi connectivity index (χ0v) is 15.7. The molecule has 0 saturated heterocycles. The summed E-state index contributed by atoms with van der Waals surface area (Å²) in [5, 5.41) is 6.79. The van der Waals surface area contributed by atoms with Crippen LogP contribution in [0.2, 0.25) is 0 Å². The van der Waals surface area contributed by atoms with Crippen LogP contribution in [0, 0.1) is 17.3 Å². The summed E-state index contributed by atoms with van der Waals surface area (Å²) in [7, 11) is 0. The number of rotatable bonds is 4. The smallest absolute Gasteiger partial charge is 0.226 e. The van der Waals surface area contributed by atoms with Crippen molar-refractivity contribution in [1.82, 2.24) is 10.6 Å². The zero-order chi connectivity index (χ0) is 17.2. The number of nitrogens with one attached hydrogen (secondary N) is 2. The van der Waals surface area contributed by atoms with Gasteiger partial charge in [0.1, 0.15) is 0 Å². The molecule has 0 heterocycles. The van der Waals surface area contributed by atoms with Crippen LogP contribution in [0.5, 0.6) is 0 Å². The monoisotopic (exact) mass is 308 g/mol. The van der Waals surface area contributed by atoms with E-state index in [2.05, 4.69) is 44.9 Å². The predicted molar refractivity (Wildman–Crippen MR) is 94.8 cm³/mol. The summed E-state index contributed by atoms with van der Waals surface area (Å²) in [5.41, 5.74) is -0.442. The van der Waals surface area contributed by atoms with E-state index in [0.717, 1.165) is 25.8 Å². The minimum Gasteiger partial charge on any atom is -0.351 e. The maximum atomic E-state index is 13.0. The zero-order valence-electron chi connectivity index (χ0n) is 15.7. The SMILES string of the molecule is C=C[C@@H]1CCC(CNC(C)(C)C)[C@@](C)(C(=O)NC(C)(C)C)C1. The molecule has 1 fully saturated rings. The number of hydrogen-bond donors (Lipinski definition) is 2. The third kappa shape index (κ3) is 5.42. The molecule has 128 valence electrons. The van der Waals surface area contributed by atoms with E-state index in [1.54, 1.807) is 0 Å². The summed E-state index contributed by atoms with van der Waals surface area (Å²) in [4.78, 5) is 13.0. The standard InChI is InChI=1S/C19H36N2O/c1-9-14-10-11-15(13-20-17(2,3)4)19(8,12-14)16(22)21-18(5,6)7/h9,14-15,20H,1,10-13H2,2-8H3,(H,21,22)/t14-,15?,19+/m1/s1. The normalized spacial score (nSPS) is 30.0. The minimum atomic E-state index is -0.331. The summed E-state index contributed by atoms with van der Waals surface area (Å²) >= 11 is 0. The molecule has 3 atom stereocenters. The van der Waals surface area contributed by atoms with E-state index < -0.39 is 0 Å². The quantitative estimate of drug-likeness (QED) is 0.773. The van der Waals surface area contributed by atoms with E-state index in [9.17, 15) is 4.79 Å². The molecule has 1 unspecified atom stereocenters. The Morgan fingerprint density at radius 3 is 2.23 bits per heavy atom. The third-order valence-electron chi connectivity index (χ3n) is 4.69. The van der Waals surface area contributed by atoms with Crippen molar-refractivity contribution in [3.63, 3.8) is 0 Å². The van der Waals surface area contributed by atoms with Crippen molar-refractivity contribution in [3.8, 4) is 0 Å². The average Bonchev–Trinajstić information content (AvgIpc) is 2.34. The molecule has 1 aliphatic carbocycles. The van der Waals surface area contributed by atoms with Crippen molar-refractivity contribution >= 4 is 5.91 Å². The van der Waals surface area contributed by atoms with E-state index in [4.69, 9.17) is 0 Å². The van der Waals surface area contributed by atoms with Crippen molar-refractivity contribution < 1.29 is 4.79 Å². The van der Waals surface area contributed by atoms with E-state index in [-0.39, 0.29) is 22.4 Å². The van der Waals surface area contributed by atoms with Gasteiger partial charge in [-0.15, -0.1) is 6.58 Å². The number of carbonyl (C=O) groups is 1. The van der Waals surface area contributed by atoms with Crippen LogP contribution in [-0.4, -0.2) is 23.5 Å². The van der Waals surface area contributed by atoms with Gasteiger partial charge in [0.2, 0.25) is 5.91 Å². The molecule has 22 heavy (non-hydrogen) atoms. The Bertz CT molecular complexity index is 403. The number of hydrogen-bond acceptors (Lipinski definition) is 2. The van der Waals surface area contributed by atoms with Crippen LogP contribution < -0.4 is 10.6 Å². The molecule has 0 aliphatic heterocycles. The first-order valence-electron chi connectivity index (χ1n) is 8.57. The summed E-state index contributed by atoms with van der Waals surface area (Å²) < 4.78 is 0. The number of amides is 1. The van der Waals surface area contributed by atoms with E-state index in [1.807, 2.05) is 26.8 Å². The molecule has 1 amide bonds. The molecule has 1 saturated carbocycles. The molecule has 0 bridgehead atoms. The van der Waals surface area contributed by atoms with Crippen LogP contribution in [0.4, 0.5) is 0 Å². The highest BCUT2D eigenvalue weighted by Crippen LogP contribution is 2.44. The fourth-order valence-corrected chi connectivity index (χ4v) is 3.27. The molecule has 1 aliphatic rings. The Morgan fingerprint density at radius 1 is 1.18 bits per heavy atom. The van der Waals surface area contributed by atoms with Gasteiger partial charge in [0.25, 0.3) is 0 Å². The summed E-state index contributed by atoms with van der Waals surface area (Å²) in [6, 6.07) is 0. The van der Waals surface area contributed by atoms with Gasteiger partial charge in [0.15, 0.2) is 0 Å². The summed E-state index contributed by atoms with van der Waals surface area (Å²) in [5.74, 6) is 0.999. The van der Waals surface area contributed by atoms with Gasteiger partial charge in [0, 0.05) is 11.1 Å². The largest absolute Gasteiger partial charge is 0.351 e. The van der Waals surface area contributed by atoms with Gasteiger partial charge in [0.05, 0.1) is 5.41 Å². The van der Waals surface area contributed by atoms with Crippen LogP contribution >= 0.6 is 0 Å². The second-order valence-corrected chi connectivity index (χ2v) is 9.23. The highest BCUT2D eigenvalue weighted by molar-refractivity contribution is 5.83. The highest BCUT2D eigenvalue weighted by Gasteiger charge is 2.46. The molecule has 3 heteroatoms. The van der Waals surface area contributed by atoms with Gasteiger partial charge in [-0.1, -0.05) is 13.0 Å². The lowest BCUT2D eigenvalue weighted by Gasteiger charge is -2.45. The van der Waals surface area contributed by atoms with Crippen LogP contribution in [0.1, 0.15) is 67.7 Å². The molecule has 2 N–H and O–H groups in total. The Hall–Kier alpha value is -0.830. The van der Waals surface area contributed by atoms with Gasteiger partial charge in [-0.05, 0) is 79.2 Å². The van der Waals surface area contributed by atoms with Crippen LogP contribution in [0.3, 0.4) is 0 Å². The third-order valence-corrected chi connectivity index (χ3v) is 4.69. The fourth-order valence-electron chi connectivity index (χ4n) is 3.27. The first-order valence-corrected chi connectivity index (χ1v) is 8.57. The highest BCUT2D eigenvalue weighted by atomic mass is 16.2. The maximum absolute atomic E-state index is 13.0. The molecule has 0 spiro atoms. The second-order valence-electron chi connectivity index (χ2n) is 9.23. The lowest BCUT2D eigenvalue weighted by atomic mass is 9.63. The van der Waals surface area contributed by atoms with Gasteiger partial charge < -0.3 is 10.6 Å². The Morgan fingerprint density at radius 2 is 1.77 bits per heavy atom. The average molecular weight is 309 g/mol. The second kappa shape index (κ2) is 6.74. The fraction of sp³-hybridized carbons (Fsp3) is 0.842. The molecule has 1 rings (SSSR count). The van der Waals surface area contributed by atoms with E-state index >= 15 is 0 Å². The predicted octanol–water partition coefficient (Wildman–Crippen LogP) is 3.90. The topological polar surface area (TPSA) is 41.1 Å². The molecule has 0 aromatic rings. The van der Waals surface area contributed by atoms with Crippen LogP contribution in [-0.2, 0) is 4.79 Å². The summed E-state index contributed by atoms with van der Waals surface area (Å²) in [6.07, 6.45) is 5.14. The Labute approximate surface area is 137 Å². The van der Waals surface area contributed by atoms with Gasteiger partial charge in [-0.2, -0.15) is 0 Å². The lowest BCUT2D eigenvalue weighted by molar-refractivity contribution is -0.137. The van der Waals surface area contributed by atoms with Crippen molar-refractivity contribution in [3.05, 3.63) is 12.7 Å². The van der Waals surface area contributed by atoms with Crippen molar-refractivity contribution in [2.75, 3.05) is 6.54 Å². The Balaban J connectivity index is 2.92. The molecule has 3 nitrogen and oxygen atoms in total. The van der Waals surface area contributed by atoms with E-state index in [0.29, 0.717) is 11.8 Å². The van der Waals surface area contributed by atoms with Crippen LogP contribution in [0.15, 0.2) is 12.7 Å². The van der Waals surface area contributed by atoms with Gasteiger partial charge >= 0.3 is 0 Å². The molecular formula is C19H36N2O. The van der Waals surface area contributed by atoms with Crippen molar-refractivity contribution in [2.45, 2.75) is 78.8 Å². The van der Waals surface area contributed by atoms with E-state index in [1.165, 1.54) is 0 Å². The lowest BCUT2D eigenvalue weighted by Crippen LogP contribution is -2.55. The maximum Gasteiger partial charge on any atom is 0.226 e. The number of allylic oxidation sites excluding steroid dienone is 1. The Kier molecular flexibility index (Phi) is 5.88. The van der Waals surface area contributed by atoms with Crippen molar-refractivity contribution in [1.29, 1.82) is 0 Å². The number of carbonyl (C=O) groups excluding carboxylic acids is 1. The minimum absolute atomic E-state index is 0.0801. The first-order chi connectivity index (χ1) is 9.87. The molecular weight excluding hydrogens is 272 g/mol. The van der Waals surface area contributed by atoms with Crippen molar-refractivity contribution in [2.24, 2.45) is 17.3 Å². The van der Waals surface area contributed by atoms with Gasteiger partial charge in [-0.25, -0.2) is 0 Å². The molecule has 0 aromatic carbocycles. The van der Waals surface area contributed by atoms with Gasteiger partial charge in [-0.3, -0.25) is 4.79 Å². The molecule has 0 radical (unpaired) electrons. The first kappa shape index (κ1) is 19.2. The van der Waals surface area contributed by atoms with Crippen LogP contribution in [0.25, 0.3) is 0 Å².